The molecule has 0 bridgehead atoms. The van der Waals surface area contributed by atoms with Crippen LogP contribution in [0.5, 0.6) is 23.0 Å². The zero-order valence-corrected chi connectivity index (χ0v) is 31.2. The highest BCUT2D eigenvalue weighted by Crippen LogP contribution is 2.29. The molecule has 0 aliphatic heterocycles. The molecule has 0 fully saturated rings. The molecule has 0 radical (unpaired) electrons. The molecule has 0 amide bonds. The molecule has 0 saturated heterocycles. The Kier molecular flexibility index (Phi) is 14.5. The van der Waals surface area contributed by atoms with Crippen molar-refractivity contribution in [2.45, 2.75) is 40.5 Å². The van der Waals surface area contributed by atoms with Gasteiger partial charge in [0.2, 0.25) is 0 Å². The van der Waals surface area contributed by atoms with Gasteiger partial charge in [-0.25, -0.2) is 9.59 Å². The van der Waals surface area contributed by atoms with Crippen molar-refractivity contribution in [1.29, 1.82) is 0 Å². The molecule has 5 rings (SSSR count). The van der Waals surface area contributed by atoms with Crippen LogP contribution in [-0.4, -0.2) is 38.4 Å². The Morgan fingerprint density at radius 2 is 0.870 bits per heavy atom. The van der Waals surface area contributed by atoms with E-state index in [2.05, 4.69) is 0 Å². The Hall–Kier alpha value is -6.28. The van der Waals surface area contributed by atoms with Crippen LogP contribution in [0.2, 0.25) is 0 Å². The van der Waals surface area contributed by atoms with Crippen LogP contribution in [0.3, 0.4) is 0 Å². The number of rotatable bonds is 18. The van der Waals surface area contributed by atoms with Crippen LogP contribution < -0.4 is 18.9 Å². The lowest BCUT2D eigenvalue weighted by Crippen LogP contribution is -2.11. The first-order valence-electron chi connectivity index (χ1n) is 18.0. The third-order valence-corrected chi connectivity index (χ3v) is 8.30. The number of benzene rings is 5. The van der Waals surface area contributed by atoms with E-state index in [0.717, 1.165) is 39.1 Å². The van der Waals surface area contributed by atoms with E-state index in [0.29, 0.717) is 54.5 Å². The highest BCUT2D eigenvalue weighted by Gasteiger charge is 2.11. The van der Waals surface area contributed by atoms with E-state index in [-0.39, 0.29) is 13.2 Å². The number of carbonyl (C=O) groups excluding carboxylic acids is 2. The molecule has 278 valence electrons. The van der Waals surface area contributed by atoms with Crippen LogP contribution in [0.25, 0.3) is 22.3 Å². The average molecular weight is 727 g/mol. The molecular formula is C46H46O8. The summed E-state index contributed by atoms with van der Waals surface area (Å²) < 4.78 is 34.0. The van der Waals surface area contributed by atoms with Crippen LogP contribution >= 0.6 is 0 Å². The second-order valence-electron chi connectivity index (χ2n) is 12.7. The molecule has 0 atom stereocenters. The third kappa shape index (κ3) is 11.9. The Morgan fingerprint density at radius 1 is 0.481 bits per heavy atom. The maximum atomic E-state index is 12.4. The number of carbonyl (C=O) groups is 2. The quantitative estimate of drug-likeness (QED) is 0.0382. The summed E-state index contributed by atoms with van der Waals surface area (Å²) >= 11 is 0. The van der Waals surface area contributed by atoms with Crippen LogP contribution in [0.15, 0.2) is 145 Å². The summed E-state index contributed by atoms with van der Waals surface area (Å²) in [5, 5.41) is 0. The minimum atomic E-state index is -0.444. The van der Waals surface area contributed by atoms with Crippen molar-refractivity contribution < 1.29 is 38.0 Å². The van der Waals surface area contributed by atoms with Gasteiger partial charge in [-0.1, -0.05) is 84.9 Å². The second-order valence-corrected chi connectivity index (χ2v) is 12.7. The van der Waals surface area contributed by atoms with Gasteiger partial charge in [-0.05, 0) is 97.5 Å². The van der Waals surface area contributed by atoms with Gasteiger partial charge >= 0.3 is 11.9 Å². The van der Waals surface area contributed by atoms with E-state index in [1.807, 2.05) is 135 Å². The highest BCUT2D eigenvalue weighted by molar-refractivity contribution is 5.88. The lowest BCUT2D eigenvalue weighted by molar-refractivity contribution is -0.140. The summed E-state index contributed by atoms with van der Waals surface area (Å²) in [7, 11) is 0. The van der Waals surface area contributed by atoms with Gasteiger partial charge in [-0.3, -0.25) is 0 Å². The molecule has 0 spiro atoms. The monoisotopic (exact) mass is 726 g/mol. The largest absolute Gasteiger partial charge is 0.493 e. The molecule has 54 heavy (non-hydrogen) atoms. The molecule has 0 heterocycles. The van der Waals surface area contributed by atoms with Crippen LogP contribution in [0.1, 0.15) is 37.8 Å². The first-order valence-corrected chi connectivity index (χ1v) is 18.0. The van der Waals surface area contributed by atoms with E-state index in [1.165, 1.54) is 12.5 Å². The third-order valence-electron chi connectivity index (χ3n) is 8.30. The van der Waals surface area contributed by atoms with Crippen molar-refractivity contribution in [2.24, 2.45) is 0 Å². The summed E-state index contributed by atoms with van der Waals surface area (Å²) in [6, 6.07) is 39.3. The van der Waals surface area contributed by atoms with Crippen molar-refractivity contribution >= 4 is 11.9 Å². The van der Waals surface area contributed by atoms with E-state index in [4.69, 9.17) is 28.4 Å². The number of hydrogen-bond acceptors (Lipinski definition) is 8. The van der Waals surface area contributed by atoms with Gasteiger partial charge in [0.05, 0.1) is 37.6 Å². The summed E-state index contributed by atoms with van der Waals surface area (Å²) in [5.74, 6) is 1.84. The van der Waals surface area contributed by atoms with Crippen molar-refractivity contribution in [3.63, 3.8) is 0 Å². The predicted molar refractivity (Wildman–Crippen MR) is 211 cm³/mol. The van der Waals surface area contributed by atoms with Crippen LogP contribution in [0, 0.1) is 13.8 Å². The average Bonchev–Trinajstić information content (AvgIpc) is 3.20. The summed E-state index contributed by atoms with van der Waals surface area (Å²) in [6.07, 6.45) is 3.86. The molecule has 0 aromatic heterocycles. The van der Waals surface area contributed by atoms with E-state index < -0.39 is 11.9 Å². The Morgan fingerprint density at radius 3 is 1.30 bits per heavy atom. The number of hydrogen-bond donors (Lipinski definition) is 0. The molecule has 0 aliphatic rings. The first-order chi connectivity index (χ1) is 26.3. The fraction of sp³-hybridized carbons (Fsp3) is 0.217. The van der Waals surface area contributed by atoms with Crippen molar-refractivity contribution in [3.05, 3.63) is 156 Å². The van der Waals surface area contributed by atoms with Gasteiger partial charge in [0.25, 0.3) is 0 Å². The highest BCUT2D eigenvalue weighted by atomic mass is 16.5. The molecule has 8 nitrogen and oxygen atoms in total. The van der Waals surface area contributed by atoms with E-state index >= 15 is 0 Å². The normalized spacial score (nSPS) is 11.4. The predicted octanol–water partition coefficient (Wildman–Crippen LogP) is 10.2. The molecule has 0 aliphatic carbocycles. The molecular weight excluding hydrogens is 680 g/mol. The van der Waals surface area contributed by atoms with Gasteiger partial charge in [0.15, 0.2) is 0 Å². The number of aryl methyl sites for hydroxylation is 2. The van der Waals surface area contributed by atoms with Crippen molar-refractivity contribution in [3.8, 4) is 45.3 Å². The smallest absolute Gasteiger partial charge is 0.336 e. The van der Waals surface area contributed by atoms with Gasteiger partial charge in [-0.2, -0.15) is 0 Å². The Labute approximate surface area is 317 Å². The Balaban J connectivity index is 0.949. The van der Waals surface area contributed by atoms with E-state index in [9.17, 15) is 9.59 Å². The second kappa shape index (κ2) is 20.1. The van der Waals surface area contributed by atoms with Crippen LogP contribution in [-0.2, 0) is 19.1 Å². The van der Waals surface area contributed by atoms with E-state index in [1.54, 1.807) is 13.8 Å². The minimum absolute atomic E-state index is 0.213. The molecule has 0 saturated carbocycles. The lowest BCUT2D eigenvalue weighted by atomic mass is 10.1. The summed E-state index contributed by atoms with van der Waals surface area (Å²) in [6.45, 7) is 8.41. The van der Waals surface area contributed by atoms with Crippen molar-refractivity contribution in [1.82, 2.24) is 0 Å². The van der Waals surface area contributed by atoms with Gasteiger partial charge < -0.3 is 28.4 Å². The zero-order chi connectivity index (χ0) is 38.1. The molecule has 0 N–H and O–H groups in total. The zero-order valence-electron chi connectivity index (χ0n) is 31.2. The first kappa shape index (κ1) is 38.9. The maximum Gasteiger partial charge on any atom is 0.336 e. The standard InChI is InChI=1S/C46H46O8/c1-33-29-43(49-25-11-27-51-45(47)35(3)31-53-41-21-17-39(18-22-41)37-13-7-5-8-14-37)30-34(2)44(33)50-26-12-28-52-46(48)36(4)32-54-42-23-19-40(20-24-42)38-15-9-6-10-16-38/h5-10,13-24,29-32H,11-12,25-28H2,1-4H3. The SMILES string of the molecule is CC(=COc1ccc(-c2ccccc2)cc1)C(=O)OCCCOc1cc(C)c(OCCCOC(=O)C(C)=COc2ccc(-c3ccccc3)cc2)c(C)c1. The summed E-state index contributed by atoms with van der Waals surface area (Å²) in [5.41, 5.74) is 6.99. The molecule has 5 aromatic carbocycles. The fourth-order valence-electron chi connectivity index (χ4n) is 5.38. The topological polar surface area (TPSA) is 89.5 Å². The number of ether oxygens (including phenoxy) is 6. The fourth-order valence-corrected chi connectivity index (χ4v) is 5.38. The van der Waals surface area contributed by atoms with Gasteiger partial charge in [0, 0.05) is 12.8 Å². The van der Waals surface area contributed by atoms with Crippen LogP contribution in [0.4, 0.5) is 0 Å². The molecule has 0 unspecified atom stereocenters. The maximum absolute atomic E-state index is 12.4. The Bertz CT molecular complexity index is 1990. The number of esters is 2. The van der Waals surface area contributed by atoms with Crippen molar-refractivity contribution in [2.75, 3.05) is 26.4 Å². The molecule has 8 heteroatoms. The summed E-state index contributed by atoms with van der Waals surface area (Å²) in [4.78, 5) is 24.9. The minimum Gasteiger partial charge on any atom is -0.493 e. The lowest BCUT2D eigenvalue weighted by Gasteiger charge is -2.15. The molecule has 5 aromatic rings. The van der Waals surface area contributed by atoms with Gasteiger partial charge in [-0.15, -0.1) is 0 Å². The van der Waals surface area contributed by atoms with Gasteiger partial charge in [0.1, 0.15) is 35.5 Å².